The Morgan fingerprint density at radius 3 is 2.89 bits per heavy atom. The van der Waals surface area contributed by atoms with Crippen molar-refractivity contribution in [2.24, 2.45) is 0 Å². The minimum absolute atomic E-state index is 0.187. The smallest absolute Gasteiger partial charge is 0.327 e. The zero-order valence-corrected chi connectivity index (χ0v) is 11.6. The molecule has 1 aromatic heterocycles. The zero-order chi connectivity index (χ0) is 14.3. The maximum absolute atomic E-state index is 11.0. The maximum Gasteiger partial charge on any atom is 0.327 e. The number of hydrogen-bond donors (Lipinski definition) is 2. The summed E-state index contributed by atoms with van der Waals surface area (Å²) < 4.78 is 5.39. The fraction of sp³-hybridized carbons (Fsp3) is 0.417. The van der Waals surface area contributed by atoms with Crippen LogP contribution in [0.1, 0.15) is 13.8 Å². The summed E-state index contributed by atoms with van der Waals surface area (Å²) in [5.41, 5.74) is 0. The monoisotopic (exact) mass is 284 g/mol. The van der Waals surface area contributed by atoms with Crippen molar-refractivity contribution in [1.29, 1.82) is 0 Å². The van der Waals surface area contributed by atoms with Crippen LogP contribution in [0.25, 0.3) is 0 Å². The second-order valence-corrected chi connectivity index (χ2v) is 4.65. The predicted octanol–water partition coefficient (Wildman–Crippen LogP) is 1.16. The summed E-state index contributed by atoms with van der Waals surface area (Å²) >= 11 is 1.23. The van der Waals surface area contributed by atoms with E-state index in [1.807, 2.05) is 6.92 Å². The Morgan fingerprint density at radius 2 is 2.32 bits per heavy atom. The molecule has 6 nitrogen and oxygen atoms in total. The number of rotatable bonds is 7. The fourth-order valence-corrected chi connectivity index (χ4v) is 2.29. The van der Waals surface area contributed by atoms with Crippen molar-refractivity contribution in [3.05, 3.63) is 18.3 Å². The number of nitrogens with zero attached hydrogens (tertiary/aromatic N) is 1. The Hall–Kier alpha value is -1.76. The standard InChI is InChI=1S/C12H16N2O4S/c1-3-18-10-5-4-6-13-11(10)19-7-9(12(16)17)14-8(2)15/h4-6,9H,3,7H2,1-2H3,(H,14,15)(H,16,17). The number of amides is 1. The molecule has 2 N–H and O–H groups in total. The maximum atomic E-state index is 11.0. The molecule has 19 heavy (non-hydrogen) atoms. The molecule has 0 radical (unpaired) electrons. The van der Waals surface area contributed by atoms with Crippen LogP contribution in [0.5, 0.6) is 5.75 Å². The van der Waals surface area contributed by atoms with Gasteiger partial charge in [-0.15, -0.1) is 0 Å². The van der Waals surface area contributed by atoms with Crippen LogP contribution in [0, 0.1) is 0 Å². The average molecular weight is 284 g/mol. The first-order valence-corrected chi connectivity index (χ1v) is 6.73. The normalized spacial score (nSPS) is 11.7. The third-order valence-electron chi connectivity index (χ3n) is 2.10. The fourth-order valence-electron chi connectivity index (χ4n) is 1.33. The van der Waals surface area contributed by atoms with Crippen LogP contribution in [0.2, 0.25) is 0 Å². The topological polar surface area (TPSA) is 88.5 Å². The van der Waals surface area contributed by atoms with Gasteiger partial charge in [0.05, 0.1) is 6.61 Å². The van der Waals surface area contributed by atoms with Gasteiger partial charge in [0.1, 0.15) is 11.1 Å². The lowest BCUT2D eigenvalue weighted by Crippen LogP contribution is -2.41. The number of thioether (sulfide) groups is 1. The van der Waals surface area contributed by atoms with Gasteiger partial charge in [0.25, 0.3) is 0 Å². The summed E-state index contributed by atoms with van der Waals surface area (Å²) in [6.45, 7) is 3.65. The summed E-state index contributed by atoms with van der Waals surface area (Å²) in [5, 5.41) is 12.0. The van der Waals surface area contributed by atoms with Gasteiger partial charge >= 0.3 is 5.97 Å². The molecule has 1 atom stereocenters. The molecule has 0 aliphatic rings. The minimum atomic E-state index is -1.07. The van der Waals surface area contributed by atoms with Crippen molar-refractivity contribution in [2.45, 2.75) is 24.9 Å². The van der Waals surface area contributed by atoms with Gasteiger partial charge in [-0.25, -0.2) is 9.78 Å². The molecule has 0 fully saturated rings. The largest absolute Gasteiger partial charge is 0.491 e. The van der Waals surface area contributed by atoms with E-state index in [0.717, 1.165) is 0 Å². The highest BCUT2D eigenvalue weighted by atomic mass is 32.2. The van der Waals surface area contributed by atoms with Gasteiger partial charge in [0, 0.05) is 18.9 Å². The molecule has 0 saturated carbocycles. The van der Waals surface area contributed by atoms with Crippen molar-refractivity contribution in [2.75, 3.05) is 12.4 Å². The molecule has 0 aliphatic heterocycles. The summed E-state index contributed by atoms with van der Waals surface area (Å²) in [7, 11) is 0. The average Bonchev–Trinajstić information content (AvgIpc) is 2.35. The van der Waals surface area contributed by atoms with Crippen LogP contribution < -0.4 is 10.1 Å². The van der Waals surface area contributed by atoms with E-state index in [1.54, 1.807) is 18.3 Å². The molecule has 0 spiro atoms. The second-order valence-electron chi connectivity index (χ2n) is 3.64. The summed E-state index contributed by atoms with van der Waals surface area (Å²) in [4.78, 5) is 26.0. The van der Waals surface area contributed by atoms with Crippen LogP contribution in [0.15, 0.2) is 23.4 Å². The highest BCUT2D eigenvalue weighted by Crippen LogP contribution is 2.27. The highest BCUT2D eigenvalue weighted by Gasteiger charge is 2.19. The molecule has 1 heterocycles. The molecule has 0 aromatic carbocycles. The van der Waals surface area contributed by atoms with Crippen LogP contribution in [-0.4, -0.2) is 40.4 Å². The Labute approximate surface area is 115 Å². The highest BCUT2D eigenvalue weighted by molar-refractivity contribution is 7.99. The molecule has 1 unspecified atom stereocenters. The van der Waals surface area contributed by atoms with E-state index in [9.17, 15) is 9.59 Å². The first-order valence-electron chi connectivity index (χ1n) is 5.75. The van der Waals surface area contributed by atoms with E-state index in [-0.39, 0.29) is 11.7 Å². The molecular formula is C12H16N2O4S. The molecule has 104 valence electrons. The van der Waals surface area contributed by atoms with E-state index < -0.39 is 12.0 Å². The summed E-state index contributed by atoms with van der Waals surface area (Å²) in [6.07, 6.45) is 1.61. The predicted molar refractivity (Wildman–Crippen MR) is 71.4 cm³/mol. The molecular weight excluding hydrogens is 268 g/mol. The molecule has 1 aromatic rings. The van der Waals surface area contributed by atoms with Gasteiger partial charge in [0.15, 0.2) is 5.75 Å². The van der Waals surface area contributed by atoms with Crippen molar-refractivity contribution in [1.82, 2.24) is 10.3 Å². The number of ether oxygens (including phenoxy) is 1. The number of hydrogen-bond acceptors (Lipinski definition) is 5. The Kier molecular flexibility index (Phi) is 6.14. The number of pyridine rings is 1. The zero-order valence-electron chi connectivity index (χ0n) is 10.8. The first kappa shape index (κ1) is 15.3. The minimum Gasteiger partial charge on any atom is -0.491 e. The number of nitrogens with one attached hydrogen (secondary N) is 1. The van der Waals surface area contributed by atoms with Gasteiger partial charge < -0.3 is 15.2 Å². The van der Waals surface area contributed by atoms with E-state index >= 15 is 0 Å². The van der Waals surface area contributed by atoms with Crippen molar-refractivity contribution in [3.63, 3.8) is 0 Å². The number of aromatic nitrogens is 1. The lowest BCUT2D eigenvalue weighted by Gasteiger charge is -2.13. The van der Waals surface area contributed by atoms with Gasteiger partial charge in [0.2, 0.25) is 5.91 Å². The third-order valence-corrected chi connectivity index (χ3v) is 3.18. The third kappa shape index (κ3) is 5.17. The SMILES string of the molecule is CCOc1cccnc1SCC(NC(C)=O)C(=O)O. The molecule has 0 saturated heterocycles. The van der Waals surface area contributed by atoms with Crippen molar-refractivity contribution < 1.29 is 19.4 Å². The van der Waals surface area contributed by atoms with Crippen molar-refractivity contribution in [3.8, 4) is 5.75 Å². The number of carbonyl (C=O) groups is 2. The molecule has 0 aliphatic carbocycles. The van der Waals surface area contributed by atoms with Crippen LogP contribution >= 0.6 is 11.8 Å². The van der Waals surface area contributed by atoms with Crippen LogP contribution in [-0.2, 0) is 9.59 Å². The van der Waals surface area contributed by atoms with Gasteiger partial charge in [-0.05, 0) is 19.1 Å². The lowest BCUT2D eigenvalue weighted by atomic mass is 10.3. The van der Waals surface area contributed by atoms with E-state index in [0.29, 0.717) is 17.4 Å². The second kappa shape index (κ2) is 7.63. The van der Waals surface area contributed by atoms with E-state index in [2.05, 4.69) is 10.3 Å². The van der Waals surface area contributed by atoms with Crippen LogP contribution in [0.3, 0.4) is 0 Å². The van der Waals surface area contributed by atoms with Gasteiger partial charge in [-0.3, -0.25) is 4.79 Å². The number of aliphatic carboxylic acids is 1. The van der Waals surface area contributed by atoms with Crippen LogP contribution in [0.4, 0.5) is 0 Å². The molecule has 7 heteroatoms. The molecule has 1 amide bonds. The summed E-state index contributed by atoms with van der Waals surface area (Å²) in [6, 6.07) is 2.57. The van der Waals surface area contributed by atoms with Gasteiger partial charge in [-0.1, -0.05) is 11.8 Å². The Bertz CT molecular complexity index is 453. The quantitative estimate of drug-likeness (QED) is 0.730. The van der Waals surface area contributed by atoms with E-state index in [4.69, 9.17) is 9.84 Å². The lowest BCUT2D eigenvalue weighted by molar-refractivity contribution is -0.140. The first-order chi connectivity index (χ1) is 9.04. The van der Waals surface area contributed by atoms with Gasteiger partial charge in [-0.2, -0.15) is 0 Å². The van der Waals surface area contributed by atoms with E-state index in [1.165, 1.54) is 18.7 Å². The molecule has 1 rings (SSSR count). The summed E-state index contributed by atoms with van der Waals surface area (Å²) in [5.74, 6) is -0.649. The van der Waals surface area contributed by atoms with Crippen molar-refractivity contribution >= 4 is 23.6 Å². The number of carbonyl (C=O) groups excluding carboxylic acids is 1. The number of carboxylic acids is 1. The Balaban J connectivity index is 2.68. The Morgan fingerprint density at radius 1 is 1.58 bits per heavy atom. The molecule has 0 bridgehead atoms. The number of carboxylic acid groups (broad SMARTS) is 1.